The Bertz CT molecular complexity index is 1620. The van der Waals surface area contributed by atoms with Gasteiger partial charge in [0, 0.05) is 24.0 Å². The smallest absolute Gasteiger partial charge is 0.248 e. The van der Waals surface area contributed by atoms with E-state index in [0.29, 0.717) is 37.8 Å². The number of amides is 2. The summed E-state index contributed by atoms with van der Waals surface area (Å²) in [7, 11) is 0. The van der Waals surface area contributed by atoms with Gasteiger partial charge in [0.05, 0.1) is 46.4 Å². The quantitative estimate of drug-likeness (QED) is 0.299. The SMILES string of the molecule is Cc1nc(C)c(-c2ccc3cc(-c4c(CC(=O)N5CCOCC5)cc(C(N)=O)cc4C4CCCCC4)ccc3n2)s1. The maximum Gasteiger partial charge on any atom is 0.248 e. The summed E-state index contributed by atoms with van der Waals surface area (Å²) in [5, 5.41) is 2.06. The lowest BCUT2D eigenvalue weighted by Gasteiger charge is -2.29. The number of primary amides is 1. The van der Waals surface area contributed by atoms with E-state index in [1.54, 1.807) is 11.3 Å². The number of thiazole rings is 1. The van der Waals surface area contributed by atoms with Crippen LogP contribution in [0.1, 0.15) is 70.2 Å². The van der Waals surface area contributed by atoms with E-state index in [2.05, 4.69) is 35.3 Å². The fourth-order valence-electron chi connectivity index (χ4n) is 6.36. The highest BCUT2D eigenvalue weighted by atomic mass is 32.1. The van der Waals surface area contributed by atoms with Gasteiger partial charge >= 0.3 is 0 Å². The summed E-state index contributed by atoms with van der Waals surface area (Å²) in [5.74, 6) is -0.0883. The molecule has 2 amide bonds. The summed E-state index contributed by atoms with van der Waals surface area (Å²) < 4.78 is 5.46. The van der Waals surface area contributed by atoms with Crippen molar-refractivity contribution >= 4 is 34.1 Å². The van der Waals surface area contributed by atoms with Crippen LogP contribution < -0.4 is 5.73 Å². The van der Waals surface area contributed by atoms with Crippen LogP contribution in [-0.4, -0.2) is 53.0 Å². The fourth-order valence-corrected chi connectivity index (χ4v) is 7.25. The van der Waals surface area contributed by atoms with Crippen molar-refractivity contribution in [1.29, 1.82) is 0 Å². The Kier molecular flexibility index (Phi) is 7.86. The van der Waals surface area contributed by atoms with Gasteiger partial charge in [-0.05, 0) is 85.2 Å². The second-order valence-corrected chi connectivity index (χ2v) is 12.4. The number of benzene rings is 2. The van der Waals surface area contributed by atoms with Gasteiger partial charge in [-0.25, -0.2) is 9.97 Å². The van der Waals surface area contributed by atoms with E-state index < -0.39 is 5.91 Å². The molecule has 0 radical (unpaired) electrons. The van der Waals surface area contributed by atoms with Crippen LogP contribution in [0.15, 0.2) is 42.5 Å². The molecule has 212 valence electrons. The van der Waals surface area contributed by atoms with Gasteiger partial charge in [-0.3, -0.25) is 9.59 Å². The number of carbonyl (C=O) groups excluding carboxylic acids is 2. The van der Waals surface area contributed by atoms with Crippen LogP contribution >= 0.6 is 11.3 Å². The number of nitrogens with two attached hydrogens (primary N) is 1. The number of hydrogen-bond donors (Lipinski definition) is 1. The minimum absolute atomic E-state index is 0.0492. The Hall–Kier alpha value is -3.62. The number of aryl methyl sites for hydroxylation is 2. The first kappa shape index (κ1) is 27.5. The Balaban J connectivity index is 1.46. The maximum atomic E-state index is 13.5. The molecule has 0 atom stereocenters. The second kappa shape index (κ2) is 11.7. The molecular weight excluding hydrogens is 532 g/mol. The second-order valence-electron chi connectivity index (χ2n) is 11.2. The van der Waals surface area contributed by atoms with Gasteiger partial charge in [0.1, 0.15) is 0 Å². The lowest BCUT2D eigenvalue weighted by atomic mass is 9.78. The number of nitrogens with zero attached hydrogens (tertiary/aromatic N) is 3. The van der Waals surface area contributed by atoms with Crippen molar-refractivity contribution in [2.45, 2.75) is 58.3 Å². The molecule has 1 aliphatic carbocycles. The summed E-state index contributed by atoms with van der Waals surface area (Å²) in [4.78, 5) is 38.4. The number of morpholine rings is 1. The van der Waals surface area contributed by atoms with Crippen molar-refractivity contribution in [3.05, 3.63) is 69.9 Å². The number of aromatic nitrogens is 2. The summed E-state index contributed by atoms with van der Waals surface area (Å²) in [6.45, 7) is 6.31. The zero-order valence-electron chi connectivity index (χ0n) is 23.7. The molecule has 0 unspecified atom stereocenters. The van der Waals surface area contributed by atoms with Crippen LogP contribution in [0, 0.1) is 13.8 Å². The van der Waals surface area contributed by atoms with E-state index in [0.717, 1.165) is 80.1 Å². The molecule has 2 aliphatic rings. The number of ether oxygens (including phenoxy) is 1. The predicted molar refractivity (Wildman–Crippen MR) is 163 cm³/mol. The summed E-state index contributed by atoms with van der Waals surface area (Å²) in [5.41, 5.74) is 13.2. The van der Waals surface area contributed by atoms with Gasteiger partial charge in [-0.1, -0.05) is 31.4 Å². The molecule has 7 nitrogen and oxygen atoms in total. The van der Waals surface area contributed by atoms with Crippen molar-refractivity contribution in [1.82, 2.24) is 14.9 Å². The number of pyridine rings is 1. The third-order valence-corrected chi connectivity index (χ3v) is 9.49. The van der Waals surface area contributed by atoms with Crippen LogP contribution in [0.4, 0.5) is 0 Å². The number of hydrogen-bond acceptors (Lipinski definition) is 6. The molecule has 0 spiro atoms. The maximum absolute atomic E-state index is 13.5. The van der Waals surface area contributed by atoms with E-state index in [1.165, 1.54) is 6.42 Å². The van der Waals surface area contributed by atoms with E-state index in [4.69, 9.17) is 15.5 Å². The molecule has 2 fully saturated rings. The van der Waals surface area contributed by atoms with Crippen LogP contribution in [0.3, 0.4) is 0 Å². The van der Waals surface area contributed by atoms with Crippen LogP contribution in [0.25, 0.3) is 32.6 Å². The first-order valence-electron chi connectivity index (χ1n) is 14.5. The molecule has 2 aromatic carbocycles. The lowest BCUT2D eigenvalue weighted by molar-refractivity contribution is -0.134. The predicted octanol–water partition coefficient (Wildman–Crippen LogP) is 6.19. The van der Waals surface area contributed by atoms with Crippen LogP contribution in [-0.2, 0) is 16.0 Å². The topological polar surface area (TPSA) is 98.4 Å². The first-order valence-corrected chi connectivity index (χ1v) is 15.4. The van der Waals surface area contributed by atoms with E-state index >= 15 is 0 Å². The summed E-state index contributed by atoms with van der Waals surface area (Å²) >= 11 is 1.66. The molecule has 1 saturated heterocycles. The molecule has 6 rings (SSSR count). The molecule has 1 saturated carbocycles. The average molecular weight is 569 g/mol. The summed E-state index contributed by atoms with van der Waals surface area (Å²) in [6, 6.07) is 14.3. The Morgan fingerprint density at radius 3 is 2.49 bits per heavy atom. The minimum Gasteiger partial charge on any atom is -0.378 e. The molecule has 3 heterocycles. The fraction of sp³-hybridized carbons (Fsp3) is 0.394. The molecule has 2 N–H and O–H groups in total. The zero-order valence-corrected chi connectivity index (χ0v) is 24.6. The third kappa shape index (κ3) is 5.76. The number of rotatable bonds is 6. The van der Waals surface area contributed by atoms with Crippen molar-refractivity contribution in [2.75, 3.05) is 26.3 Å². The van der Waals surface area contributed by atoms with Gasteiger partial charge in [0.15, 0.2) is 0 Å². The highest BCUT2D eigenvalue weighted by molar-refractivity contribution is 7.15. The normalized spacial score (nSPS) is 16.3. The van der Waals surface area contributed by atoms with Gasteiger partial charge in [-0.15, -0.1) is 11.3 Å². The van der Waals surface area contributed by atoms with Gasteiger partial charge < -0.3 is 15.4 Å². The molecule has 41 heavy (non-hydrogen) atoms. The minimum atomic E-state index is -0.461. The van der Waals surface area contributed by atoms with E-state index in [9.17, 15) is 9.59 Å². The van der Waals surface area contributed by atoms with Crippen molar-refractivity contribution in [2.24, 2.45) is 5.73 Å². The van der Waals surface area contributed by atoms with Gasteiger partial charge in [0.25, 0.3) is 0 Å². The van der Waals surface area contributed by atoms with Crippen LogP contribution in [0.2, 0.25) is 0 Å². The number of carbonyl (C=O) groups is 2. The zero-order chi connectivity index (χ0) is 28.5. The third-order valence-electron chi connectivity index (χ3n) is 8.40. The molecule has 2 aromatic heterocycles. The molecule has 1 aliphatic heterocycles. The van der Waals surface area contributed by atoms with Crippen molar-refractivity contribution < 1.29 is 14.3 Å². The Morgan fingerprint density at radius 2 is 1.78 bits per heavy atom. The Labute approximate surface area is 244 Å². The molecular formula is C33H36N4O3S. The standard InChI is InChI=1S/C33H36N4O3S/c1-20-32(41-21(2)35-20)29-11-8-23-16-24(9-10-28(23)36-29)31-25(19-30(38)37-12-14-40-15-13-37)17-26(33(34)39)18-27(31)22-6-4-3-5-7-22/h8-11,16-18,22H,3-7,12-15,19H2,1-2H3,(H2,34,39). The van der Waals surface area contributed by atoms with Crippen LogP contribution in [0.5, 0.6) is 0 Å². The lowest BCUT2D eigenvalue weighted by Crippen LogP contribution is -2.41. The first-order chi connectivity index (χ1) is 19.9. The van der Waals surface area contributed by atoms with Gasteiger partial charge in [-0.2, -0.15) is 0 Å². The highest BCUT2D eigenvalue weighted by Crippen LogP contribution is 2.42. The highest BCUT2D eigenvalue weighted by Gasteiger charge is 2.26. The average Bonchev–Trinajstić information content (AvgIpc) is 3.34. The van der Waals surface area contributed by atoms with E-state index in [1.807, 2.05) is 30.9 Å². The molecule has 0 bridgehead atoms. The molecule has 4 aromatic rings. The Morgan fingerprint density at radius 1 is 1.00 bits per heavy atom. The largest absolute Gasteiger partial charge is 0.378 e. The monoisotopic (exact) mass is 568 g/mol. The molecule has 8 heteroatoms. The van der Waals surface area contributed by atoms with Crippen molar-refractivity contribution in [3.63, 3.8) is 0 Å². The van der Waals surface area contributed by atoms with Gasteiger partial charge in [0.2, 0.25) is 11.8 Å². The van der Waals surface area contributed by atoms with Crippen molar-refractivity contribution in [3.8, 4) is 21.7 Å². The van der Waals surface area contributed by atoms with E-state index in [-0.39, 0.29) is 12.3 Å². The summed E-state index contributed by atoms with van der Waals surface area (Å²) in [6.07, 6.45) is 5.90. The number of fused-ring (bicyclic) bond motifs is 1.